The molecule has 0 aromatic heterocycles. The van der Waals surface area contributed by atoms with Crippen molar-refractivity contribution in [2.75, 3.05) is 13.2 Å². The van der Waals surface area contributed by atoms with Crippen LogP contribution in [0.3, 0.4) is 0 Å². The molecule has 170 valence electrons. The van der Waals surface area contributed by atoms with Gasteiger partial charge in [0.25, 0.3) is 0 Å². The molecular formula is C29H36O3. The van der Waals surface area contributed by atoms with Crippen LogP contribution in [0.1, 0.15) is 80.8 Å². The Morgan fingerprint density at radius 3 is 2.03 bits per heavy atom. The second-order valence-corrected chi connectivity index (χ2v) is 10.6. The second kappa shape index (κ2) is 7.90. The summed E-state index contributed by atoms with van der Waals surface area (Å²) < 4.78 is 6.15. The molecule has 0 amide bonds. The van der Waals surface area contributed by atoms with E-state index in [-0.39, 0.29) is 17.4 Å². The number of aliphatic hydroxyl groups excluding tert-OH is 2. The van der Waals surface area contributed by atoms with Gasteiger partial charge in [0.05, 0.1) is 12.4 Å². The zero-order chi connectivity index (χ0) is 23.3. The summed E-state index contributed by atoms with van der Waals surface area (Å²) in [6.07, 6.45) is 5.73. The summed E-state index contributed by atoms with van der Waals surface area (Å²) in [7, 11) is 0. The molecule has 2 aliphatic rings. The molecule has 1 fully saturated rings. The normalized spacial score (nSPS) is 23.5. The molecule has 3 nitrogen and oxygen atoms in total. The van der Waals surface area contributed by atoms with E-state index < -0.39 is 5.60 Å². The van der Waals surface area contributed by atoms with E-state index in [1.54, 1.807) is 0 Å². The van der Waals surface area contributed by atoms with E-state index in [1.807, 2.05) is 6.92 Å². The number of rotatable bonds is 6. The third-order valence-electron chi connectivity index (χ3n) is 7.33. The van der Waals surface area contributed by atoms with Crippen LogP contribution < -0.4 is 0 Å². The molecule has 1 unspecified atom stereocenters. The maximum atomic E-state index is 10.3. The van der Waals surface area contributed by atoms with Gasteiger partial charge in [-0.25, -0.2) is 0 Å². The largest absolute Gasteiger partial charge is 0.512 e. The Morgan fingerprint density at radius 2 is 1.50 bits per heavy atom. The Balaban J connectivity index is 1.72. The Bertz CT molecular complexity index is 1080. The van der Waals surface area contributed by atoms with Gasteiger partial charge in [0.15, 0.2) is 0 Å². The van der Waals surface area contributed by atoms with Gasteiger partial charge in [-0.1, -0.05) is 76.2 Å². The lowest BCUT2D eigenvalue weighted by molar-refractivity contribution is 0.276. The van der Waals surface area contributed by atoms with Crippen LogP contribution in [0.15, 0.2) is 54.3 Å². The van der Waals surface area contributed by atoms with Crippen LogP contribution in [0.5, 0.6) is 0 Å². The third-order valence-corrected chi connectivity index (χ3v) is 7.33. The van der Waals surface area contributed by atoms with E-state index in [2.05, 4.69) is 83.2 Å². The van der Waals surface area contributed by atoms with Crippen LogP contribution in [-0.4, -0.2) is 23.4 Å². The first-order valence-corrected chi connectivity index (χ1v) is 11.6. The van der Waals surface area contributed by atoms with Crippen molar-refractivity contribution in [1.29, 1.82) is 0 Å². The molecular weight excluding hydrogens is 396 g/mol. The van der Waals surface area contributed by atoms with Gasteiger partial charge in [-0.05, 0) is 59.2 Å². The standard InChI is InChI=1S/C29H36O3/c1-19-16-24-25(28(5,6)14-13-27(24,3)4)17-23(19)29(18-32-29)22-11-9-21(10-12-22)20(2)26(31)8-7-15-30/h9-14,16-17,30-31H,7-8,15,18H2,1-6H3/b26-20-. The lowest BCUT2D eigenvalue weighted by Crippen LogP contribution is -2.30. The third kappa shape index (κ3) is 3.82. The van der Waals surface area contributed by atoms with Gasteiger partial charge in [0, 0.05) is 23.9 Å². The summed E-state index contributed by atoms with van der Waals surface area (Å²) in [5.41, 5.74) is 7.91. The van der Waals surface area contributed by atoms with Gasteiger partial charge >= 0.3 is 0 Å². The summed E-state index contributed by atoms with van der Waals surface area (Å²) in [5, 5.41) is 19.3. The molecule has 32 heavy (non-hydrogen) atoms. The van der Waals surface area contributed by atoms with Gasteiger partial charge in [-0.15, -0.1) is 0 Å². The van der Waals surface area contributed by atoms with E-state index in [0.717, 1.165) is 16.7 Å². The summed E-state index contributed by atoms with van der Waals surface area (Å²) in [6, 6.07) is 13.1. The quantitative estimate of drug-likeness (QED) is 0.313. The predicted molar refractivity (Wildman–Crippen MR) is 131 cm³/mol. The molecule has 0 radical (unpaired) electrons. The highest BCUT2D eigenvalue weighted by molar-refractivity contribution is 5.66. The fourth-order valence-corrected chi connectivity index (χ4v) is 4.95. The van der Waals surface area contributed by atoms with Gasteiger partial charge in [0.1, 0.15) is 5.60 Å². The number of aryl methyl sites for hydroxylation is 1. The van der Waals surface area contributed by atoms with Crippen molar-refractivity contribution in [3.8, 4) is 0 Å². The summed E-state index contributed by atoms with van der Waals surface area (Å²) in [4.78, 5) is 0. The van der Waals surface area contributed by atoms with Crippen LogP contribution in [0.4, 0.5) is 0 Å². The van der Waals surface area contributed by atoms with Crippen LogP contribution >= 0.6 is 0 Å². The zero-order valence-electron chi connectivity index (χ0n) is 20.2. The minimum Gasteiger partial charge on any atom is -0.512 e. The molecule has 1 aliphatic carbocycles. The monoisotopic (exact) mass is 432 g/mol. The number of aliphatic hydroxyl groups is 2. The highest BCUT2D eigenvalue weighted by Crippen LogP contribution is 2.50. The molecule has 1 heterocycles. The Morgan fingerprint density at radius 1 is 0.938 bits per heavy atom. The first-order valence-electron chi connectivity index (χ1n) is 11.6. The van der Waals surface area contributed by atoms with Gasteiger partial charge in [0.2, 0.25) is 0 Å². The smallest absolute Gasteiger partial charge is 0.142 e. The number of hydrogen-bond acceptors (Lipinski definition) is 3. The van der Waals surface area contributed by atoms with Crippen molar-refractivity contribution in [3.05, 3.63) is 87.7 Å². The lowest BCUT2D eigenvalue weighted by Gasteiger charge is -2.38. The SMILES string of the molecule is C/C(=C(/O)CCCO)c1ccc(C2(c3cc4c(cc3C)C(C)(C)C=CC4(C)C)CO2)cc1. The number of hydrogen-bond donors (Lipinski definition) is 2. The van der Waals surface area contributed by atoms with E-state index in [9.17, 15) is 5.11 Å². The first-order chi connectivity index (χ1) is 15.0. The molecule has 0 saturated carbocycles. The fourth-order valence-electron chi connectivity index (χ4n) is 4.95. The fraction of sp³-hybridized carbons (Fsp3) is 0.448. The molecule has 0 spiro atoms. The van der Waals surface area contributed by atoms with E-state index >= 15 is 0 Å². The van der Waals surface area contributed by atoms with Crippen molar-refractivity contribution >= 4 is 5.57 Å². The van der Waals surface area contributed by atoms with E-state index in [1.165, 1.54) is 22.3 Å². The van der Waals surface area contributed by atoms with Crippen molar-refractivity contribution in [1.82, 2.24) is 0 Å². The summed E-state index contributed by atoms with van der Waals surface area (Å²) in [6.45, 7) is 14.0. The maximum Gasteiger partial charge on any atom is 0.142 e. The topological polar surface area (TPSA) is 53.0 Å². The average molecular weight is 433 g/mol. The highest BCUT2D eigenvalue weighted by atomic mass is 16.6. The number of ether oxygens (including phenoxy) is 1. The minimum atomic E-state index is -0.393. The molecule has 2 N–H and O–H groups in total. The molecule has 1 saturated heterocycles. The summed E-state index contributed by atoms with van der Waals surface area (Å²) >= 11 is 0. The molecule has 1 aliphatic heterocycles. The molecule has 1 atom stereocenters. The second-order valence-electron chi connectivity index (χ2n) is 10.6. The van der Waals surface area contributed by atoms with Gasteiger partial charge < -0.3 is 14.9 Å². The highest BCUT2D eigenvalue weighted by Gasteiger charge is 2.50. The molecule has 2 aromatic rings. The molecule has 2 aromatic carbocycles. The van der Waals surface area contributed by atoms with E-state index in [0.29, 0.717) is 25.2 Å². The van der Waals surface area contributed by atoms with Gasteiger partial charge in [-0.2, -0.15) is 0 Å². The molecule has 4 rings (SSSR count). The van der Waals surface area contributed by atoms with Crippen molar-refractivity contribution in [2.45, 2.75) is 70.8 Å². The number of benzene rings is 2. The number of fused-ring (bicyclic) bond motifs is 1. The zero-order valence-corrected chi connectivity index (χ0v) is 20.2. The van der Waals surface area contributed by atoms with Crippen LogP contribution in [0, 0.1) is 6.92 Å². The van der Waals surface area contributed by atoms with Gasteiger partial charge in [-0.3, -0.25) is 0 Å². The minimum absolute atomic E-state index is 0.0127. The van der Waals surface area contributed by atoms with Crippen molar-refractivity contribution in [2.24, 2.45) is 0 Å². The van der Waals surface area contributed by atoms with Crippen molar-refractivity contribution in [3.63, 3.8) is 0 Å². The van der Waals surface area contributed by atoms with E-state index in [4.69, 9.17) is 9.84 Å². The van der Waals surface area contributed by atoms with Crippen molar-refractivity contribution < 1.29 is 14.9 Å². The predicted octanol–water partition coefficient (Wildman–Crippen LogP) is 6.46. The maximum absolute atomic E-state index is 10.3. The van der Waals surface area contributed by atoms with Crippen LogP contribution in [-0.2, 0) is 21.2 Å². The molecule has 0 bridgehead atoms. The lowest BCUT2D eigenvalue weighted by atomic mass is 9.66. The number of allylic oxidation sites excluding steroid dienone is 4. The average Bonchev–Trinajstić information content (AvgIpc) is 3.56. The first kappa shape index (κ1) is 22.8. The summed E-state index contributed by atoms with van der Waals surface area (Å²) in [5.74, 6) is 0.340. The van der Waals surface area contributed by atoms with Crippen LogP contribution in [0.2, 0.25) is 0 Å². The Kier molecular flexibility index (Phi) is 5.63. The number of epoxide rings is 1. The Hall–Kier alpha value is -2.36. The van der Waals surface area contributed by atoms with Crippen LogP contribution in [0.25, 0.3) is 5.57 Å². The molecule has 3 heteroatoms. The Labute approximate surface area is 192 Å².